The van der Waals surface area contributed by atoms with Crippen LogP contribution in [-0.2, 0) is 16.6 Å². The molecule has 3 N–H and O–H groups in total. The first-order valence-electron chi connectivity index (χ1n) is 10.1. The number of nitrogens with one attached hydrogen (secondary N) is 1. The zero-order valence-corrected chi connectivity index (χ0v) is 18.4. The Bertz CT molecular complexity index is 867. The molecule has 6 nitrogen and oxygen atoms in total. The SMILES string of the molecule is COc1ccc(CCNC(N)=NCC2(c3cccc(Cl)c3)CCOCC2)cc1OC. The molecule has 0 saturated carbocycles. The Labute approximate surface area is 183 Å². The van der Waals surface area contributed by atoms with Crippen molar-refractivity contribution in [1.82, 2.24) is 5.32 Å². The Morgan fingerprint density at radius 2 is 1.90 bits per heavy atom. The van der Waals surface area contributed by atoms with Crippen molar-refractivity contribution in [2.24, 2.45) is 10.7 Å². The van der Waals surface area contributed by atoms with Crippen molar-refractivity contribution in [3.05, 3.63) is 58.6 Å². The average molecular weight is 432 g/mol. The lowest BCUT2D eigenvalue weighted by molar-refractivity contribution is 0.0531. The Kier molecular flexibility index (Phi) is 7.82. The number of guanidine groups is 1. The van der Waals surface area contributed by atoms with E-state index in [0.29, 0.717) is 32.3 Å². The molecule has 0 amide bonds. The number of hydrogen-bond donors (Lipinski definition) is 2. The van der Waals surface area contributed by atoms with Crippen LogP contribution in [0.15, 0.2) is 47.5 Å². The van der Waals surface area contributed by atoms with Gasteiger partial charge in [0.25, 0.3) is 0 Å². The number of methoxy groups -OCH3 is 2. The van der Waals surface area contributed by atoms with Gasteiger partial charge in [0.05, 0.1) is 20.8 Å². The van der Waals surface area contributed by atoms with E-state index in [2.05, 4.69) is 16.4 Å². The fourth-order valence-corrected chi connectivity index (χ4v) is 3.97. The summed E-state index contributed by atoms with van der Waals surface area (Å²) in [5, 5.41) is 3.95. The summed E-state index contributed by atoms with van der Waals surface area (Å²) < 4.78 is 16.2. The second-order valence-corrected chi connectivity index (χ2v) is 7.91. The Hall–Kier alpha value is -2.44. The molecule has 7 heteroatoms. The van der Waals surface area contributed by atoms with Crippen LogP contribution in [0, 0.1) is 0 Å². The van der Waals surface area contributed by atoms with Crippen molar-refractivity contribution in [2.75, 3.05) is 40.5 Å². The molecule has 2 aromatic rings. The van der Waals surface area contributed by atoms with Crippen LogP contribution < -0.4 is 20.5 Å². The number of benzene rings is 2. The first kappa shape index (κ1) is 22.2. The molecule has 0 aromatic heterocycles. The van der Waals surface area contributed by atoms with E-state index >= 15 is 0 Å². The van der Waals surface area contributed by atoms with E-state index in [1.54, 1.807) is 14.2 Å². The van der Waals surface area contributed by atoms with Crippen LogP contribution in [0.1, 0.15) is 24.0 Å². The summed E-state index contributed by atoms with van der Waals surface area (Å²) in [6.45, 7) is 2.72. The van der Waals surface area contributed by atoms with Crippen LogP contribution in [0.4, 0.5) is 0 Å². The second-order valence-electron chi connectivity index (χ2n) is 7.47. The summed E-state index contributed by atoms with van der Waals surface area (Å²) in [7, 11) is 3.27. The minimum Gasteiger partial charge on any atom is -0.493 e. The third-order valence-electron chi connectivity index (χ3n) is 5.61. The van der Waals surface area contributed by atoms with Crippen molar-refractivity contribution in [3.63, 3.8) is 0 Å². The van der Waals surface area contributed by atoms with E-state index < -0.39 is 0 Å². The summed E-state index contributed by atoms with van der Waals surface area (Å²) >= 11 is 6.24. The van der Waals surface area contributed by atoms with E-state index in [4.69, 9.17) is 31.5 Å². The van der Waals surface area contributed by atoms with Gasteiger partial charge < -0.3 is 25.3 Å². The molecule has 2 aromatic carbocycles. The molecule has 3 rings (SSSR count). The van der Waals surface area contributed by atoms with Crippen LogP contribution in [0.5, 0.6) is 11.5 Å². The summed E-state index contributed by atoms with van der Waals surface area (Å²) in [6.07, 6.45) is 2.59. The highest BCUT2D eigenvalue weighted by atomic mass is 35.5. The third kappa shape index (κ3) is 5.58. The summed E-state index contributed by atoms with van der Waals surface area (Å²) in [4.78, 5) is 4.66. The molecule has 30 heavy (non-hydrogen) atoms. The Balaban J connectivity index is 1.60. The molecule has 1 aliphatic rings. The van der Waals surface area contributed by atoms with Gasteiger partial charge in [0.15, 0.2) is 17.5 Å². The number of rotatable bonds is 8. The van der Waals surface area contributed by atoms with Crippen molar-refractivity contribution in [2.45, 2.75) is 24.7 Å². The average Bonchev–Trinajstić information content (AvgIpc) is 2.78. The Morgan fingerprint density at radius 3 is 2.60 bits per heavy atom. The van der Waals surface area contributed by atoms with Crippen LogP contribution in [0.25, 0.3) is 0 Å². The van der Waals surface area contributed by atoms with Crippen LogP contribution in [-0.4, -0.2) is 46.5 Å². The predicted molar refractivity (Wildman–Crippen MR) is 121 cm³/mol. The lowest BCUT2D eigenvalue weighted by atomic mass is 9.74. The van der Waals surface area contributed by atoms with Crippen molar-refractivity contribution < 1.29 is 14.2 Å². The highest BCUT2D eigenvalue weighted by Crippen LogP contribution is 2.36. The number of halogens is 1. The third-order valence-corrected chi connectivity index (χ3v) is 5.84. The summed E-state index contributed by atoms with van der Waals surface area (Å²) in [5.41, 5.74) is 8.39. The van der Waals surface area contributed by atoms with Gasteiger partial charge in [0.2, 0.25) is 0 Å². The highest BCUT2D eigenvalue weighted by Gasteiger charge is 2.34. The van der Waals surface area contributed by atoms with Gasteiger partial charge in [-0.25, -0.2) is 0 Å². The second kappa shape index (κ2) is 10.5. The molecule has 1 fully saturated rings. The number of ether oxygens (including phenoxy) is 3. The maximum atomic E-state index is 6.24. The normalized spacial score (nSPS) is 16.2. The van der Waals surface area contributed by atoms with Crippen molar-refractivity contribution >= 4 is 17.6 Å². The molecule has 162 valence electrons. The van der Waals surface area contributed by atoms with Gasteiger partial charge in [-0.3, -0.25) is 4.99 Å². The fourth-order valence-electron chi connectivity index (χ4n) is 3.78. The molecular formula is C23H30ClN3O3. The van der Waals surface area contributed by atoms with E-state index in [-0.39, 0.29) is 5.41 Å². The first-order valence-corrected chi connectivity index (χ1v) is 10.5. The minimum absolute atomic E-state index is 0.0984. The molecule has 0 atom stereocenters. The quantitative estimate of drug-likeness (QED) is 0.493. The molecular weight excluding hydrogens is 402 g/mol. The van der Waals surface area contributed by atoms with E-state index in [9.17, 15) is 0 Å². The van der Waals surface area contributed by atoms with Gasteiger partial charge in [-0.15, -0.1) is 0 Å². The smallest absolute Gasteiger partial charge is 0.188 e. The van der Waals surface area contributed by atoms with Gasteiger partial charge in [0.1, 0.15) is 0 Å². The number of aliphatic imine (C=N–C) groups is 1. The van der Waals surface area contributed by atoms with E-state index in [1.165, 1.54) is 5.56 Å². The topological polar surface area (TPSA) is 78.1 Å². The molecule has 0 bridgehead atoms. The van der Waals surface area contributed by atoms with E-state index in [1.807, 2.05) is 36.4 Å². The standard InChI is InChI=1S/C23H30ClN3O3/c1-28-20-7-6-17(14-21(20)29-2)8-11-26-22(25)27-16-23(9-12-30-13-10-23)18-4-3-5-19(24)15-18/h3-7,14-15H,8-13,16H2,1-2H3,(H3,25,26,27). The Morgan fingerprint density at radius 1 is 1.13 bits per heavy atom. The monoisotopic (exact) mass is 431 g/mol. The van der Waals surface area contributed by atoms with Crippen molar-refractivity contribution in [3.8, 4) is 11.5 Å². The number of hydrogen-bond acceptors (Lipinski definition) is 4. The number of nitrogens with zero attached hydrogens (tertiary/aromatic N) is 1. The van der Waals surface area contributed by atoms with Gasteiger partial charge in [-0.2, -0.15) is 0 Å². The molecule has 0 radical (unpaired) electrons. The maximum Gasteiger partial charge on any atom is 0.188 e. The lowest BCUT2D eigenvalue weighted by Crippen LogP contribution is -2.39. The van der Waals surface area contributed by atoms with Gasteiger partial charge in [-0.05, 0) is 54.7 Å². The summed E-state index contributed by atoms with van der Waals surface area (Å²) in [5.74, 6) is 1.89. The first-order chi connectivity index (χ1) is 14.6. The molecule has 1 aliphatic heterocycles. The van der Waals surface area contributed by atoms with Crippen molar-refractivity contribution in [1.29, 1.82) is 0 Å². The van der Waals surface area contributed by atoms with Gasteiger partial charge in [0, 0.05) is 30.2 Å². The van der Waals surface area contributed by atoms with Crippen LogP contribution >= 0.6 is 11.6 Å². The largest absolute Gasteiger partial charge is 0.493 e. The summed E-state index contributed by atoms with van der Waals surface area (Å²) in [6, 6.07) is 13.9. The molecule has 1 heterocycles. The van der Waals surface area contributed by atoms with Gasteiger partial charge >= 0.3 is 0 Å². The van der Waals surface area contributed by atoms with Crippen LogP contribution in [0.3, 0.4) is 0 Å². The zero-order chi connectivity index (χ0) is 21.4. The minimum atomic E-state index is -0.0984. The molecule has 0 aliphatic carbocycles. The predicted octanol–water partition coefficient (Wildman–Crippen LogP) is 3.55. The molecule has 1 saturated heterocycles. The van der Waals surface area contributed by atoms with E-state index in [0.717, 1.165) is 41.3 Å². The fraction of sp³-hybridized carbons (Fsp3) is 0.435. The highest BCUT2D eigenvalue weighted by molar-refractivity contribution is 6.30. The zero-order valence-electron chi connectivity index (χ0n) is 17.6. The number of nitrogens with two attached hydrogens (primary N) is 1. The lowest BCUT2D eigenvalue weighted by Gasteiger charge is -2.36. The maximum absolute atomic E-state index is 6.24. The molecule has 0 spiro atoms. The van der Waals surface area contributed by atoms with Gasteiger partial charge in [-0.1, -0.05) is 29.8 Å². The van der Waals surface area contributed by atoms with Crippen LogP contribution in [0.2, 0.25) is 5.02 Å². The molecule has 0 unspecified atom stereocenters.